The van der Waals surface area contributed by atoms with Crippen molar-refractivity contribution in [3.05, 3.63) is 35.6 Å². The fourth-order valence-corrected chi connectivity index (χ4v) is 2.46. The standard InChI is InChI=1S/C16H18N2O4/c1-10(19)13-14(11-4-6-12(21-2)7-5-11)17-22-15(13)16(20)18-8-3-9-18/h4-7,10,19H,3,8-9H2,1-2H3/t10-/m0/s1. The molecule has 1 saturated heterocycles. The molecule has 1 fully saturated rings. The summed E-state index contributed by atoms with van der Waals surface area (Å²) in [5.74, 6) is 0.637. The van der Waals surface area contributed by atoms with Crippen LogP contribution in [-0.4, -0.2) is 41.3 Å². The van der Waals surface area contributed by atoms with E-state index in [-0.39, 0.29) is 11.7 Å². The monoisotopic (exact) mass is 302 g/mol. The van der Waals surface area contributed by atoms with Gasteiger partial charge in [-0.05, 0) is 37.6 Å². The Morgan fingerprint density at radius 2 is 2.05 bits per heavy atom. The SMILES string of the molecule is COc1ccc(-c2noc(C(=O)N3CCC3)c2[C@H](C)O)cc1. The van der Waals surface area contributed by atoms with Crippen molar-refractivity contribution in [3.63, 3.8) is 0 Å². The zero-order chi connectivity index (χ0) is 15.7. The number of amides is 1. The van der Waals surface area contributed by atoms with Crippen LogP contribution in [0, 0.1) is 0 Å². The van der Waals surface area contributed by atoms with Gasteiger partial charge in [0.2, 0.25) is 5.76 Å². The van der Waals surface area contributed by atoms with Crippen LogP contribution in [0.2, 0.25) is 0 Å². The van der Waals surface area contributed by atoms with Crippen LogP contribution in [0.4, 0.5) is 0 Å². The Labute approximate surface area is 128 Å². The third-order valence-corrected chi connectivity index (χ3v) is 3.85. The molecule has 1 aromatic carbocycles. The summed E-state index contributed by atoms with van der Waals surface area (Å²) in [6.07, 6.45) is 0.151. The minimum absolute atomic E-state index is 0.125. The van der Waals surface area contributed by atoms with Gasteiger partial charge in [0, 0.05) is 18.7 Å². The van der Waals surface area contributed by atoms with E-state index in [4.69, 9.17) is 9.26 Å². The molecule has 0 radical (unpaired) electrons. The van der Waals surface area contributed by atoms with Crippen LogP contribution in [0.5, 0.6) is 5.75 Å². The van der Waals surface area contributed by atoms with Gasteiger partial charge in [-0.1, -0.05) is 5.16 Å². The summed E-state index contributed by atoms with van der Waals surface area (Å²) < 4.78 is 10.4. The summed E-state index contributed by atoms with van der Waals surface area (Å²) in [4.78, 5) is 14.0. The lowest BCUT2D eigenvalue weighted by Gasteiger charge is -2.30. The number of aromatic nitrogens is 1. The quantitative estimate of drug-likeness (QED) is 0.937. The van der Waals surface area contributed by atoms with Gasteiger partial charge in [-0.25, -0.2) is 0 Å². The summed E-state index contributed by atoms with van der Waals surface area (Å²) in [5, 5.41) is 14.1. The van der Waals surface area contributed by atoms with E-state index in [1.165, 1.54) is 0 Å². The van der Waals surface area contributed by atoms with Gasteiger partial charge in [-0.2, -0.15) is 0 Å². The summed E-state index contributed by atoms with van der Waals surface area (Å²) in [6, 6.07) is 7.24. The highest BCUT2D eigenvalue weighted by molar-refractivity contribution is 5.95. The number of ether oxygens (including phenoxy) is 1. The van der Waals surface area contributed by atoms with Crippen molar-refractivity contribution in [2.45, 2.75) is 19.4 Å². The third-order valence-electron chi connectivity index (χ3n) is 3.85. The Kier molecular flexibility index (Phi) is 3.85. The molecule has 0 bridgehead atoms. The number of aliphatic hydroxyl groups excluding tert-OH is 1. The van der Waals surface area contributed by atoms with Gasteiger partial charge >= 0.3 is 0 Å². The van der Waals surface area contributed by atoms with E-state index in [1.54, 1.807) is 31.1 Å². The van der Waals surface area contributed by atoms with E-state index in [9.17, 15) is 9.90 Å². The molecule has 6 nitrogen and oxygen atoms in total. The molecule has 0 aliphatic carbocycles. The first-order valence-corrected chi connectivity index (χ1v) is 7.23. The van der Waals surface area contributed by atoms with Crippen LogP contribution in [0.1, 0.15) is 35.6 Å². The van der Waals surface area contributed by atoms with Gasteiger partial charge in [0.05, 0.1) is 18.8 Å². The van der Waals surface area contributed by atoms with Crippen LogP contribution >= 0.6 is 0 Å². The summed E-state index contributed by atoms with van der Waals surface area (Å²) in [5.41, 5.74) is 1.69. The van der Waals surface area contributed by atoms with E-state index >= 15 is 0 Å². The van der Waals surface area contributed by atoms with Gasteiger partial charge in [-0.15, -0.1) is 0 Å². The van der Waals surface area contributed by atoms with E-state index in [0.29, 0.717) is 11.3 Å². The average molecular weight is 302 g/mol. The molecule has 2 aromatic rings. The fraction of sp³-hybridized carbons (Fsp3) is 0.375. The minimum Gasteiger partial charge on any atom is -0.497 e. The number of nitrogens with zero attached hydrogens (tertiary/aromatic N) is 2. The van der Waals surface area contributed by atoms with E-state index in [1.807, 2.05) is 12.1 Å². The Morgan fingerprint density at radius 1 is 1.36 bits per heavy atom. The van der Waals surface area contributed by atoms with Gasteiger partial charge < -0.3 is 19.3 Å². The van der Waals surface area contributed by atoms with Crippen molar-refractivity contribution >= 4 is 5.91 Å². The number of hydrogen-bond acceptors (Lipinski definition) is 5. The first-order valence-electron chi connectivity index (χ1n) is 7.23. The molecule has 1 N–H and O–H groups in total. The Balaban J connectivity index is 2.00. The molecular weight excluding hydrogens is 284 g/mol. The fourth-order valence-electron chi connectivity index (χ4n) is 2.46. The van der Waals surface area contributed by atoms with Crippen molar-refractivity contribution in [3.8, 4) is 17.0 Å². The average Bonchev–Trinajstić information content (AvgIpc) is 2.90. The predicted octanol–water partition coefficient (Wildman–Crippen LogP) is 2.25. The number of methoxy groups -OCH3 is 1. The highest BCUT2D eigenvalue weighted by Gasteiger charge is 2.31. The van der Waals surface area contributed by atoms with E-state index in [0.717, 1.165) is 30.8 Å². The molecular formula is C16H18N2O4. The van der Waals surface area contributed by atoms with Crippen molar-refractivity contribution in [2.24, 2.45) is 0 Å². The van der Waals surface area contributed by atoms with Crippen molar-refractivity contribution in [1.82, 2.24) is 10.1 Å². The third kappa shape index (κ3) is 2.46. The first-order chi connectivity index (χ1) is 10.6. The molecule has 116 valence electrons. The lowest BCUT2D eigenvalue weighted by Crippen LogP contribution is -2.42. The van der Waals surface area contributed by atoms with Crippen LogP contribution < -0.4 is 4.74 Å². The molecule has 1 aromatic heterocycles. The number of carbonyl (C=O) groups excluding carboxylic acids is 1. The van der Waals surface area contributed by atoms with Crippen molar-refractivity contribution in [1.29, 1.82) is 0 Å². The Hall–Kier alpha value is -2.34. The summed E-state index contributed by atoms with van der Waals surface area (Å²) >= 11 is 0. The molecule has 0 unspecified atom stereocenters. The number of benzene rings is 1. The highest BCUT2D eigenvalue weighted by atomic mass is 16.5. The summed E-state index contributed by atoms with van der Waals surface area (Å²) in [6.45, 7) is 3.04. The molecule has 3 rings (SSSR count). The molecule has 0 spiro atoms. The number of aliphatic hydroxyl groups is 1. The second-order valence-electron chi connectivity index (χ2n) is 5.32. The molecule has 1 aliphatic heterocycles. The van der Waals surface area contributed by atoms with Gasteiger partial charge in [-0.3, -0.25) is 4.79 Å². The first kappa shape index (κ1) is 14.6. The molecule has 1 aliphatic rings. The zero-order valence-electron chi connectivity index (χ0n) is 12.6. The number of rotatable bonds is 4. The molecule has 0 saturated carbocycles. The maximum absolute atomic E-state index is 12.4. The number of likely N-dealkylation sites (tertiary alicyclic amines) is 1. The van der Waals surface area contributed by atoms with Crippen LogP contribution in [0.15, 0.2) is 28.8 Å². The molecule has 6 heteroatoms. The Morgan fingerprint density at radius 3 is 2.55 bits per heavy atom. The molecule has 1 amide bonds. The second-order valence-corrected chi connectivity index (χ2v) is 5.32. The molecule has 1 atom stereocenters. The zero-order valence-corrected chi connectivity index (χ0v) is 12.6. The van der Waals surface area contributed by atoms with Crippen molar-refractivity contribution < 1.29 is 19.2 Å². The second kappa shape index (κ2) is 5.81. The largest absolute Gasteiger partial charge is 0.497 e. The van der Waals surface area contributed by atoms with Crippen LogP contribution in [-0.2, 0) is 0 Å². The highest BCUT2D eigenvalue weighted by Crippen LogP contribution is 2.32. The molecule has 2 heterocycles. The lowest BCUT2D eigenvalue weighted by molar-refractivity contribution is 0.0601. The van der Waals surface area contributed by atoms with Gasteiger partial charge in [0.15, 0.2) is 0 Å². The van der Waals surface area contributed by atoms with Crippen LogP contribution in [0.3, 0.4) is 0 Å². The van der Waals surface area contributed by atoms with Gasteiger partial charge in [0.25, 0.3) is 5.91 Å². The predicted molar refractivity (Wildman–Crippen MR) is 79.6 cm³/mol. The molecule has 22 heavy (non-hydrogen) atoms. The maximum Gasteiger partial charge on any atom is 0.292 e. The number of hydrogen-bond donors (Lipinski definition) is 1. The number of carbonyl (C=O) groups is 1. The van der Waals surface area contributed by atoms with Crippen LogP contribution in [0.25, 0.3) is 11.3 Å². The maximum atomic E-state index is 12.4. The summed E-state index contributed by atoms with van der Waals surface area (Å²) in [7, 11) is 1.59. The lowest BCUT2D eigenvalue weighted by atomic mass is 10.0. The van der Waals surface area contributed by atoms with Crippen molar-refractivity contribution in [2.75, 3.05) is 20.2 Å². The van der Waals surface area contributed by atoms with Gasteiger partial charge in [0.1, 0.15) is 11.4 Å². The van der Waals surface area contributed by atoms with E-state index < -0.39 is 6.10 Å². The normalized spacial score (nSPS) is 15.3. The topological polar surface area (TPSA) is 75.8 Å². The Bertz CT molecular complexity index is 672. The smallest absolute Gasteiger partial charge is 0.292 e. The van der Waals surface area contributed by atoms with E-state index in [2.05, 4.69) is 5.16 Å². The minimum atomic E-state index is -0.844.